The van der Waals surface area contributed by atoms with E-state index < -0.39 is 0 Å². The fraction of sp³-hybridized carbons (Fsp3) is 0.750. The third-order valence-electron chi connectivity index (χ3n) is 1.73. The first-order valence-corrected chi connectivity index (χ1v) is 3.94. The largest absolute Gasteiger partial charge is 0.385 e. The summed E-state index contributed by atoms with van der Waals surface area (Å²) in [5.41, 5.74) is 0. The third-order valence-corrected chi connectivity index (χ3v) is 1.73. The van der Waals surface area contributed by atoms with Gasteiger partial charge in [0, 0.05) is 39.7 Å². The van der Waals surface area contributed by atoms with Gasteiger partial charge in [0.2, 0.25) is 0 Å². The molecule has 0 bridgehead atoms. The van der Waals surface area contributed by atoms with E-state index in [4.69, 9.17) is 4.74 Å². The van der Waals surface area contributed by atoms with Crippen LogP contribution < -0.4 is 0 Å². The van der Waals surface area contributed by atoms with Crippen LogP contribution in [0.1, 0.15) is 6.42 Å². The second-order valence-electron chi connectivity index (χ2n) is 2.86. The van der Waals surface area contributed by atoms with Crippen LogP contribution in [0.5, 0.6) is 0 Å². The molecule has 0 spiro atoms. The van der Waals surface area contributed by atoms with Crippen LogP contribution in [-0.2, 0) is 4.74 Å². The predicted molar refractivity (Wildman–Crippen MR) is 45.0 cm³/mol. The van der Waals surface area contributed by atoms with Crippen LogP contribution in [0.4, 0.5) is 0 Å². The first kappa shape index (κ1) is 8.40. The van der Waals surface area contributed by atoms with E-state index in [0.29, 0.717) is 0 Å². The Labute approximate surface area is 68.2 Å². The molecule has 0 unspecified atom stereocenters. The van der Waals surface area contributed by atoms with Crippen LogP contribution in [0.2, 0.25) is 0 Å². The first-order valence-electron chi connectivity index (χ1n) is 3.94. The molecule has 1 rings (SSSR count). The number of rotatable bonds is 4. The van der Waals surface area contributed by atoms with Gasteiger partial charge in [0.05, 0.1) is 6.67 Å². The summed E-state index contributed by atoms with van der Waals surface area (Å²) in [7, 11) is 3.82. The van der Waals surface area contributed by atoms with Crippen molar-refractivity contribution in [1.29, 1.82) is 0 Å². The Balaban J connectivity index is 2.05. The Kier molecular flexibility index (Phi) is 3.23. The SMILES string of the molecule is COCCCN1C=CN(C)C1. The summed E-state index contributed by atoms with van der Waals surface area (Å²) in [6.45, 7) is 2.96. The third kappa shape index (κ3) is 2.80. The summed E-state index contributed by atoms with van der Waals surface area (Å²) in [5.74, 6) is 0. The van der Waals surface area contributed by atoms with Crippen molar-refractivity contribution in [2.45, 2.75) is 6.42 Å². The van der Waals surface area contributed by atoms with E-state index in [0.717, 1.165) is 26.2 Å². The molecule has 0 saturated heterocycles. The molecule has 0 N–H and O–H groups in total. The maximum Gasteiger partial charge on any atom is 0.0890 e. The van der Waals surface area contributed by atoms with Crippen LogP contribution >= 0.6 is 0 Å². The van der Waals surface area contributed by atoms with Gasteiger partial charge in [-0.25, -0.2) is 0 Å². The molecule has 0 aliphatic carbocycles. The normalized spacial score (nSPS) is 16.5. The molecular weight excluding hydrogens is 140 g/mol. The standard InChI is InChI=1S/C8H16N2O/c1-9-5-6-10(8-9)4-3-7-11-2/h5-6H,3-4,7-8H2,1-2H3. The van der Waals surface area contributed by atoms with Crippen molar-refractivity contribution in [3.63, 3.8) is 0 Å². The zero-order valence-electron chi connectivity index (χ0n) is 7.29. The van der Waals surface area contributed by atoms with Crippen LogP contribution in [-0.4, -0.2) is 43.8 Å². The number of ether oxygens (including phenoxy) is 1. The average Bonchev–Trinajstić information content (AvgIpc) is 2.37. The Morgan fingerprint density at radius 2 is 2.27 bits per heavy atom. The van der Waals surface area contributed by atoms with Crippen molar-refractivity contribution in [2.75, 3.05) is 34.0 Å². The first-order chi connectivity index (χ1) is 5.33. The van der Waals surface area contributed by atoms with Crippen molar-refractivity contribution >= 4 is 0 Å². The van der Waals surface area contributed by atoms with E-state index in [1.165, 1.54) is 0 Å². The van der Waals surface area contributed by atoms with Crippen molar-refractivity contribution in [3.05, 3.63) is 12.4 Å². The van der Waals surface area contributed by atoms with Gasteiger partial charge in [-0.1, -0.05) is 0 Å². The molecule has 1 aliphatic heterocycles. The molecule has 1 aliphatic rings. The van der Waals surface area contributed by atoms with Gasteiger partial charge in [-0.05, 0) is 6.42 Å². The zero-order chi connectivity index (χ0) is 8.10. The maximum atomic E-state index is 4.96. The lowest BCUT2D eigenvalue weighted by Crippen LogP contribution is -2.23. The topological polar surface area (TPSA) is 15.7 Å². The molecule has 0 aromatic heterocycles. The summed E-state index contributed by atoms with van der Waals surface area (Å²) < 4.78 is 4.96. The van der Waals surface area contributed by atoms with Gasteiger partial charge in [0.15, 0.2) is 0 Å². The Morgan fingerprint density at radius 1 is 1.45 bits per heavy atom. The Bertz CT molecular complexity index is 136. The lowest BCUT2D eigenvalue weighted by molar-refractivity contribution is 0.179. The molecule has 3 nitrogen and oxygen atoms in total. The minimum Gasteiger partial charge on any atom is -0.385 e. The quantitative estimate of drug-likeness (QED) is 0.557. The Hall–Kier alpha value is -0.700. The van der Waals surface area contributed by atoms with Crippen molar-refractivity contribution < 1.29 is 4.74 Å². The molecule has 64 valence electrons. The van der Waals surface area contributed by atoms with Gasteiger partial charge in [0.25, 0.3) is 0 Å². The number of hydrogen-bond acceptors (Lipinski definition) is 3. The molecule has 11 heavy (non-hydrogen) atoms. The fourth-order valence-electron chi connectivity index (χ4n) is 1.15. The van der Waals surface area contributed by atoms with E-state index in [1.807, 2.05) is 0 Å². The second kappa shape index (κ2) is 4.23. The van der Waals surface area contributed by atoms with Crippen LogP contribution in [0.15, 0.2) is 12.4 Å². The maximum absolute atomic E-state index is 4.96. The van der Waals surface area contributed by atoms with E-state index in [9.17, 15) is 0 Å². The van der Waals surface area contributed by atoms with Crippen molar-refractivity contribution in [3.8, 4) is 0 Å². The molecule has 3 heteroatoms. The Morgan fingerprint density at radius 3 is 2.82 bits per heavy atom. The molecule has 0 radical (unpaired) electrons. The number of hydrogen-bond donors (Lipinski definition) is 0. The smallest absolute Gasteiger partial charge is 0.0890 e. The van der Waals surface area contributed by atoms with Crippen molar-refractivity contribution in [1.82, 2.24) is 9.80 Å². The lowest BCUT2D eigenvalue weighted by atomic mass is 10.4. The lowest BCUT2D eigenvalue weighted by Gasteiger charge is -2.17. The van der Waals surface area contributed by atoms with E-state index in [1.54, 1.807) is 7.11 Å². The van der Waals surface area contributed by atoms with E-state index >= 15 is 0 Å². The second-order valence-corrected chi connectivity index (χ2v) is 2.86. The minimum absolute atomic E-state index is 0.855. The summed E-state index contributed by atoms with van der Waals surface area (Å²) in [6.07, 6.45) is 5.32. The predicted octanol–water partition coefficient (Wildman–Crippen LogP) is 0.699. The van der Waals surface area contributed by atoms with Gasteiger partial charge in [-0.15, -0.1) is 0 Å². The number of methoxy groups -OCH3 is 1. The highest BCUT2D eigenvalue weighted by Crippen LogP contribution is 2.03. The molecule has 0 fully saturated rings. The molecular formula is C8H16N2O. The van der Waals surface area contributed by atoms with Crippen LogP contribution in [0.3, 0.4) is 0 Å². The minimum atomic E-state index is 0.855. The van der Waals surface area contributed by atoms with Crippen LogP contribution in [0, 0.1) is 0 Å². The highest BCUT2D eigenvalue weighted by molar-refractivity contribution is 4.88. The molecule has 1 heterocycles. The van der Waals surface area contributed by atoms with Gasteiger partial charge in [-0.2, -0.15) is 0 Å². The molecule has 0 aromatic carbocycles. The zero-order valence-corrected chi connectivity index (χ0v) is 7.29. The molecule has 0 amide bonds. The molecule has 0 atom stereocenters. The summed E-state index contributed by atoms with van der Waals surface area (Å²) in [5, 5.41) is 0. The summed E-state index contributed by atoms with van der Waals surface area (Å²) in [4.78, 5) is 4.44. The molecule has 0 saturated carbocycles. The monoisotopic (exact) mass is 156 g/mol. The molecule has 0 aromatic rings. The highest BCUT2D eigenvalue weighted by Gasteiger charge is 2.06. The fourth-order valence-corrected chi connectivity index (χ4v) is 1.15. The van der Waals surface area contributed by atoms with E-state index in [-0.39, 0.29) is 0 Å². The highest BCUT2D eigenvalue weighted by atomic mass is 16.5. The van der Waals surface area contributed by atoms with Crippen molar-refractivity contribution in [2.24, 2.45) is 0 Å². The number of nitrogens with zero attached hydrogens (tertiary/aromatic N) is 2. The summed E-state index contributed by atoms with van der Waals surface area (Å²) in [6, 6.07) is 0. The van der Waals surface area contributed by atoms with Gasteiger partial charge >= 0.3 is 0 Å². The van der Waals surface area contributed by atoms with Crippen LogP contribution in [0.25, 0.3) is 0 Å². The van der Waals surface area contributed by atoms with Gasteiger partial charge < -0.3 is 14.5 Å². The summed E-state index contributed by atoms with van der Waals surface area (Å²) >= 11 is 0. The van der Waals surface area contributed by atoms with Gasteiger partial charge in [0.1, 0.15) is 0 Å². The van der Waals surface area contributed by atoms with Gasteiger partial charge in [-0.3, -0.25) is 0 Å². The van der Waals surface area contributed by atoms with E-state index in [2.05, 4.69) is 29.2 Å². The average molecular weight is 156 g/mol.